The summed E-state index contributed by atoms with van der Waals surface area (Å²) in [7, 11) is -2.32. The smallest absolute Gasteiger partial charge is 0.309 e. The Morgan fingerprint density at radius 2 is 2.00 bits per heavy atom. The maximum absolute atomic E-state index is 12.9. The van der Waals surface area contributed by atoms with Crippen LogP contribution in [0.25, 0.3) is 0 Å². The summed E-state index contributed by atoms with van der Waals surface area (Å²) in [6.07, 6.45) is 1.27. The molecular formula is C11H15FO4S. The molecule has 0 saturated heterocycles. The van der Waals surface area contributed by atoms with Gasteiger partial charge in [0.05, 0.1) is 12.9 Å². The Balaban J connectivity index is 2.87. The summed E-state index contributed by atoms with van der Waals surface area (Å²) in [4.78, 5) is 0. The molecule has 96 valence electrons. The number of rotatable bonds is 6. The van der Waals surface area contributed by atoms with Gasteiger partial charge in [-0.2, -0.15) is 8.42 Å². The summed E-state index contributed by atoms with van der Waals surface area (Å²) in [6, 6.07) is 3.43. The fourth-order valence-electron chi connectivity index (χ4n) is 1.21. The quantitative estimate of drug-likeness (QED) is 0.738. The van der Waals surface area contributed by atoms with E-state index in [9.17, 15) is 12.8 Å². The first-order chi connectivity index (χ1) is 7.98. The zero-order valence-corrected chi connectivity index (χ0v) is 10.6. The van der Waals surface area contributed by atoms with Gasteiger partial charge in [0.25, 0.3) is 0 Å². The Labute approximate surface area is 100 Å². The van der Waals surface area contributed by atoms with Crippen LogP contribution < -0.4 is 8.92 Å². The predicted octanol–water partition coefficient (Wildman–Crippen LogP) is 2.34. The maximum atomic E-state index is 12.9. The molecule has 0 radical (unpaired) electrons. The Bertz CT molecular complexity index is 470. The van der Waals surface area contributed by atoms with E-state index in [2.05, 4.69) is 0 Å². The van der Waals surface area contributed by atoms with E-state index >= 15 is 0 Å². The molecular weight excluding hydrogens is 247 g/mol. The monoisotopic (exact) mass is 262 g/mol. The van der Waals surface area contributed by atoms with E-state index in [1.807, 2.05) is 6.92 Å². The molecule has 17 heavy (non-hydrogen) atoms. The van der Waals surface area contributed by atoms with E-state index in [1.54, 1.807) is 0 Å². The van der Waals surface area contributed by atoms with E-state index in [1.165, 1.54) is 13.2 Å². The van der Waals surface area contributed by atoms with Crippen molar-refractivity contribution < 1.29 is 21.7 Å². The van der Waals surface area contributed by atoms with E-state index in [0.29, 0.717) is 6.42 Å². The maximum Gasteiger partial charge on any atom is 0.309 e. The molecule has 0 unspecified atom stereocenters. The van der Waals surface area contributed by atoms with Gasteiger partial charge in [0.1, 0.15) is 5.82 Å². The largest absolute Gasteiger partial charge is 0.493 e. The molecule has 1 aromatic rings. The fraction of sp³-hybridized carbons (Fsp3) is 0.455. The third-order valence-corrected chi connectivity index (χ3v) is 3.31. The molecule has 0 aliphatic rings. The number of hydrogen-bond acceptors (Lipinski definition) is 4. The highest BCUT2D eigenvalue weighted by molar-refractivity contribution is 7.87. The van der Waals surface area contributed by atoms with Crippen LogP contribution >= 0.6 is 0 Å². The molecule has 0 aliphatic carbocycles. The van der Waals surface area contributed by atoms with Gasteiger partial charge in [-0.3, -0.25) is 0 Å². The van der Waals surface area contributed by atoms with Gasteiger partial charge >= 0.3 is 10.1 Å². The summed E-state index contributed by atoms with van der Waals surface area (Å²) < 4.78 is 45.7. The standard InChI is InChI=1S/C11H15FO4S/c1-3-4-7-17(13,14)16-10-6-5-9(12)8-11(10)15-2/h5-6,8H,3-4,7H2,1-2H3. The van der Waals surface area contributed by atoms with Gasteiger partial charge in [-0.1, -0.05) is 13.3 Å². The Morgan fingerprint density at radius 1 is 1.29 bits per heavy atom. The van der Waals surface area contributed by atoms with E-state index in [-0.39, 0.29) is 17.3 Å². The molecule has 0 spiro atoms. The third-order valence-electron chi connectivity index (χ3n) is 2.09. The first-order valence-electron chi connectivity index (χ1n) is 5.24. The molecule has 0 N–H and O–H groups in total. The molecule has 0 aliphatic heterocycles. The molecule has 0 atom stereocenters. The van der Waals surface area contributed by atoms with Gasteiger partial charge in [0, 0.05) is 6.07 Å². The summed E-state index contributed by atoms with van der Waals surface area (Å²) in [5, 5.41) is 0. The number of halogens is 1. The van der Waals surface area contributed by atoms with Crippen molar-refractivity contribution in [3.05, 3.63) is 24.0 Å². The second-order valence-corrected chi connectivity index (χ2v) is 5.18. The molecule has 0 amide bonds. The molecule has 0 heterocycles. The van der Waals surface area contributed by atoms with Gasteiger partial charge in [-0.15, -0.1) is 0 Å². The van der Waals surface area contributed by atoms with Crippen LogP contribution in [0, 0.1) is 5.82 Å². The van der Waals surface area contributed by atoms with Crippen LogP contribution in [0.4, 0.5) is 4.39 Å². The number of ether oxygens (including phenoxy) is 1. The minimum absolute atomic E-state index is 0.00463. The van der Waals surface area contributed by atoms with Crippen molar-refractivity contribution in [1.82, 2.24) is 0 Å². The summed E-state index contributed by atoms with van der Waals surface area (Å²) in [5.74, 6) is -0.514. The first-order valence-corrected chi connectivity index (χ1v) is 6.82. The summed E-state index contributed by atoms with van der Waals surface area (Å²) >= 11 is 0. The van der Waals surface area contributed by atoms with Crippen molar-refractivity contribution in [2.24, 2.45) is 0 Å². The third kappa shape index (κ3) is 4.22. The normalized spacial score (nSPS) is 11.2. The molecule has 0 fully saturated rings. The Morgan fingerprint density at radius 3 is 2.59 bits per heavy atom. The highest BCUT2D eigenvalue weighted by atomic mass is 32.2. The topological polar surface area (TPSA) is 52.6 Å². The summed E-state index contributed by atoms with van der Waals surface area (Å²) in [6.45, 7) is 1.88. The highest BCUT2D eigenvalue weighted by Crippen LogP contribution is 2.28. The summed E-state index contributed by atoms with van der Waals surface area (Å²) in [5.41, 5.74) is 0. The van der Waals surface area contributed by atoms with Crippen LogP contribution in [0.5, 0.6) is 11.5 Å². The average molecular weight is 262 g/mol. The molecule has 1 aromatic carbocycles. The zero-order valence-electron chi connectivity index (χ0n) is 9.77. The molecule has 0 bridgehead atoms. The van der Waals surface area contributed by atoms with Gasteiger partial charge in [0.2, 0.25) is 0 Å². The number of hydrogen-bond donors (Lipinski definition) is 0. The van der Waals surface area contributed by atoms with Crippen molar-refractivity contribution in [2.75, 3.05) is 12.9 Å². The lowest BCUT2D eigenvalue weighted by Gasteiger charge is -2.10. The van der Waals surface area contributed by atoms with Crippen molar-refractivity contribution in [1.29, 1.82) is 0 Å². The first kappa shape index (κ1) is 13.8. The van der Waals surface area contributed by atoms with Gasteiger partial charge in [-0.05, 0) is 18.6 Å². The fourth-order valence-corrected chi connectivity index (χ4v) is 2.35. The van der Waals surface area contributed by atoms with Gasteiger partial charge < -0.3 is 8.92 Å². The molecule has 1 rings (SSSR count). The van der Waals surface area contributed by atoms with Crippen molar-refractivity contribution >= 4 is 10.1 Å². The lowest BCUT2D eigenvalue weighted by molar-refractivity contribution is 0.387. The predicted molar refractivity (Wildman–Crippen MR) is 62.3 cm³/mol. The van der Waals surface area contributed by atoms with Crippen LogP contribution in [-0.2, 0) is 10.1 Å². The van der Waals surface area contributed by atoms with E-state index < -0.39 is 15.9 Å². The second kappa shape index (κ2) is 5.86. The number of unbranched alkanes of at least 4 members (excludes halogenated alkanes) is 1. The lowest BCUT2D eigenvalue weighted by atomic mass is 10.3. The van der Waals surface area contributed by atoms with Crippen LogP contribution in [0.3, 0.4) is 0 Å². The van der Waals surface area contributed by atoms with Gasteiger partial charge in [-0.25, -0.2) is 4.39 Å². The minimum Gasteiger partial charge on any atom is -0.493 e. The SMILES string of the molecule is CCCCS(=O)(=O)Oc1ccc(F)cc1OC. The number of benzene rings is 1. The van der Waals surface area contributed by atoms with Crippen molar-refractivity contribution in [3.63, 3.8) is 0 Å². The molecule has 0 saturated carbocycles. The zero-order chi connectivity index (χ0) is 12.9. The van der Waals surface area contributed by atoms with Crippen LogP contribution in [0.15, 0.2) is 18.2 Å². The van der Waals surface area contributed by atoms with Gasteiger partial charge in [0.15, 0.2) is 11.5 Å². The van der Waals surface area contributed by atoms with Crippen LogP contribution in [0.2, 0.25) is 0 Å². The average Bonchev–Trinajstić information content (AvgIpc) is 2.28. The van der Waals surface area contributed by atoms with Crippen molar-refractivity contribution in [2.45, 2.75) is 19.8 Å². The second-order valence-electron chi connectivity index (χ2n) is 3.49. The number of methoxy groups -OCH3 is 1. The Kier molecular flexibility index (Phi) is 4.74. The Hall–Kier alpha value is -1.30. The van der Waals surface area contributed by atoms with E-state index in [4.69, 9.17) is 8.92 Å². The highest BCUT2D eigenvalue weighted by Gasteiger charge is 2.15. The van der Waals surface area contributed by atoms with E-state index in [0.717, 1.165) is 18.6 Å². The molecule has 6 heteroatoms. The molecule has 0 aromatic heterocycles. The van der Waals surface area contributed by atoms with Crippen LogP contribution in [-0.4, -0.2) is 21.3 Å². The molecule has 4 nitrogen and oxygen atoms in total. The van der Waals surface area contributed by atoms with Crippen LogP contribution in [0.1, 0.15) is 19.8 Å². The lowest BCUT2D eigenvalue weighted by Crippen LogP contribution is -2.14. The minimum atomic E-state index is -3.64. The van der Waals surface area contributed by atoms with Crippen molar-refractivity contribution in [3.8, 4) is 11.5 Å².